The topological polar surface area (TPSA) is 127 Å². The van der Waals surface area contributed by atoms with Crippen molar-refractivity contribution >= 4 is 29.2 Å². The van der Waals surface area contributed by atoms with Gasteiger partial charge in [-0.1, -0.05) is 23.7 Å². The predicted octanol–water partition coefficient (Wildman–Crippen LogP) is 4.87. The maximum Gasteiger partial charge on any atom is 0.309 e. The van der Waals surface area contributed by atoms with Crippen LogP contribution in [-0.4, -0.2) is 56.8 Å². The summed E-state index contributed by atoms with van der Waals surface area (Å²) in [5.74, 6) is -1.88. The van der Waals surface area contributed by atoms with E-state index in [-0.39, 0.29) is 28.1 Å². The van der Waals surface area contributed by atoms with Crippen LogP contribution >= 0.6 is 11.6 Å². The second-order valence-corrected chi connectivity index (χ2v) is 11.4. The molecule has 1 amide bonds. The SMILES string of the molecule is COc1nc(-c2ccc(F)c(-c3cccc(NC(=O)c4ccnn(C)c4=O)c3C)c2Cl)cc2c1[C@@H](N1CC(C(=O)O)C1)CC2. The quantitative estimate of drug-likeness (QED) is 0.301. The maximum absolute atomic E-state index is 15.5. The number of carboxylic acids is 1. The van der Waals surface area contributed by atoms with Crippen molar-refractivity contribution in [1.82, 2.24) is 19.7 Å². The number of aryl methyl sites for hydroxylation is 2. The number of aliphatic carboxylic acids is 1. The lowest BCUT2D eigenvalue weighted by Gasteiger charge is -2.41. The lowest BCUT2D eigenvalue weighted by molar-refractivity contribution is -0.148. The zero-order chi connectivity index (χ0) is 31.3. The molecule has 44 heavy (non-hydrogen) atoms. The molecule has 2 aromatic carbocycles. The lowest BCUT2D eigenvalue weighted by Crippen LogP contribution is -2.51. The number of nitrogens with one attached hydrogen (secondary N) is 1. The molecule has 10 nitrogen and oxygen atoms in total. The number of nitrogens with zero attached hydrogens (tertiary/aromatic N) is 4. The van der Waals surface area contributed by atoms with Crippen LogP contribution in [0.15, 0.2) is 53.5 Å². The van der Waals surface area contributed by atoms with Gasteiger partial charge in [0.1, 0.15) is 11.4 Å². The van der Waals surface area contributed by atoms with Crippen molar-refractivity contribution < 1.29 is 23.8 Å². The Morgan fingerprint density at radius 2 is 1.93 bits per heavy atom. The Bertz CT molecular complexity index is 1890. The summed E-state index contributed by atoms with van der Waals surface area (Å²) in [6.45, 7) is 2.70. The van der Waals surface area contributed by atoms with Crippen LogP contribution in [-0.2, 0) is 18.3 Å². The molecule has 1 atom stereocenters. The number of benzene rings is 2. The second kappa shape index (κ2) is 11.5. The third kappa shape index (κ3) is 5.01. The van der Waals surface area contributed by atoms with Gasteiger partial charge in [0.05, 0.1) is 23.7 Å². The molecule has 2 aliphatic rings. The highest BCUT2D eigenvalue weighted by Gasteiger charge is 2.41. The van der Waals surface area contributed by atoms with E-state index in [0.717, 1.165) is 28.7 Å². The number of carboxylic acid groups (broad SMARTS) is 1. The summed E-state index contributed by atoms with van der Waals surface area (Å²) in [7, 11) is 3.00. The van der Waals surface area contributed by atoms with E-state index in [2.05, 4.69) is 15.3 Å². The van der Waals surface area contributed by atoms with Gasteiger partial charge in [-0.3, -0.25) is 19.3 Å². The van der Waals surface area contributed by atoms with Crippen LogP contribution < -0.4 is 15.6 Å². The van der Waals surface area contributed by atoms with Crippen LogP contribution in [0.4, 0.5) is 10.1 Å². The number of anilines is 1. The number of carbonyl (C=O) groups excluding carboxylic acids is 1. The molecular formula is C32H29ClFN5O5. The molecule has 12 heteroatoms. The van der Waals surface area contributed by atoms with Gasteiger partial charge in [-0.05, 0) is 66.8 Å². The molecule has 1 aliphatic carbocycles. The van der Waals surface area contributed by atoms with Gasteiger partial charge in [0.25, 0.3) is 11.5 Å². The molecule has 226 valence electrons. The van der Waals surface area contributed by atoms with Crippen molar-refractivity contribution in [2.24, 2.45) is 13.0 Å². The molecule has 4 aromatic rings. The molecule has 0 bridgehead atoms. The number of ether oxygens (including phenoxy) is 1. The van der Waals surface area contributed by atoms with Gasteiger partial charge in [0, 0.05) is 54.8 Å². The van der Waals surface area contributed by atoms with E-state index in [9.17, 15) is 19.5 Å². The fourth-order valence-corrected chi connectivity index (χ4v) is 6.42. The summed E-state index contributed by atoms with van der Waals surface area (Å²) in [6.07, 6.45) is 2.93. The number of aromatic nitrogens is 3. The fourth-order valence-electron chi connectivity index (χ4n) is 6.07. The van der Waals surface area contributed by atoms with Gasteiger partial charge in [0.2, 0.25) is 5.88 Å². The molecular weight excluding hydrogens is 589 g/mol. The third-order valence-electron chi connectivity index (χ3n) is 8.49. The van der Waals surface area contributed by atoms with Crippen molar-refractivity contribution in [1.29, 1.82) is 0 Å². The van der Waals surface area contributed by atoms with Gasteiger partial charge in [-0.15, -0.1) is 0 Å². The Morgan fingerprint density at radius 1 is 1.16 bits per heavy atom. The average Bonchev–Trinajstić information content (AvgIpc) is 3.38. The van der Waals surface area contributed by atoms with Gasteiger partial charge in [0.15, 0.2) is 0 Å². The summed E-state index contributed by atoms with van der Waals surface area (Å²) in [6, 6.07) is 11.3. The van der Waals surface area contributed by atoms with Gasteiger partial charge in [-0.2, -0.15) is 5.10 Å². The van der Waals surface area contributed by atoms with Crippen molar-refractivity contribution in [3.8, 4) is 28.3 Å². The van der Waals surface area contributed by atoms with Crippen LogP contribution in [0.2, 0.25) is 5.02 Å². The number of rotatable bonds is 7. The summed E-state index contributed by atoms with van der Waals surface area (Å²) in [4.78, 5) is 43.6. The van der Waals surface area contributed by atoms with Crippen molar-refractivity contribution in [2.75, 3.05) is 25.5 Å². The minimum absolute atomic E-state index is 0.0179. The molecule has 1 fully saturated rings. The fraction of sp³-hybridized carbons (Fsp3) is 0.281. The van der Waals surface area contributed by atoms with Gasteiger partial charge >= 0.3 is 5.97 Å². The Kier molecular flexibility index (Phi) is 7.68. The van der Waals surface area contributed by atoms with Gasteiger partial charge in [-0.25, -0.2) is 14.1 Å². The number of methoxy groups -OCH3 is 1. The third-order valence-corrected chi connectivity index (χ3v) is 8.88. The minimum atomic E-state index is -0.788. The smallest absolute Gasteiger partial charge is 0.309 e. The molecule has 3 heterocycles. The molecule has 1 saturated heterocycles. The molecule has 0 radical (unpaired) electrons. The molecule has 6 rings (SSSR count). The molecule has 0 saturated carbocycles. The first-order chi connectivity index (χ1) is 21.1. The number of fused-ring (bicyclic) bond motifs is 1. The minimum Gasteiger partial charge on any atom is -0.481 e. The summed E-state index contributed by atoms with van der Waals surface area (Å²) in [5.41, 5.74) is 3.96. The second-order valence-electron chi connectivity index (χ2n) is 11.0. The first-order valence-electron chi connectivity index (χ1n) is 14.1. The molecule has 1 aliphatic heterocycles. The number of amides is 1. The van der Waals surface area contributed by atoms with Crippen LogP contribution in [0, 0.1) is 18.7 Å². The van der Waals surface area contributed by atoms with E-state index < -0.39 is 23.3 Å². The summed E-state index contributed by atoms with van der Waals surface area (Å²) < 4.78 is 22.3. The lowest BCUT2D eigenvalue weighted by atomic mass is 9.94. The summed E-state index contributed by atoms with van der Waals surface area (Å²) in [5, 5.41) is 16.0. The van der Waals surface area contributed by atoms with Crippen LogP contribution in [0.3, 0.4) is 0 Å². The average molecular weight is 618 g/mol. The number of likely N-dealkylation sites (tertiary alicyclic amines) is 1. The Morgan fingerprint density at radius 3 is 2.66 bits per heavy atom. The van der Waals surface area contributed by atoms with Gasteiger partial charge < -0.3 is 15.2 Å². The first-order valence-corrected chi connectivity index (χ1v) is 14.4. The van der Waals surface area contributed by atoms with Crippen LogP contribution in [0.1, 0.15) is 39.5 Å². The van der Waals surface area contributed by atoms with Crippen LogP contribution in [0.5, 0.6) is 5.88 Å². The highest BCUT2D eigenvalue weighted by molar-refractivity contribution is 6.36. The molecule has 0 spiro atoms. The van der Waals surface area contributed by atoms with Crippen LogP contribution in [0.25, 0.3) is 22.4 Å². The van der Waals surface area contributed by atoms with E-state index in [1.807, 2.05) is 6.07 Å². The van der Waals surface area contributed by atoms with E-state index in [1.165, 1.54) is 25.4 Å². The monoisotopic (exact) mass is 617 g/mol. The summed E-state index contributed by atoms with van der Waals surface area (Å²) >= 11 is 6.93. The Hall–Kier alpha value is -4.61. The highest BCUT2D eigenvalue weighted by Crippen LogP contribution is 2.46. The van der Waals surface area contributed by atoms with E-state index in [1.54, 1.807) is 38.3 Å². The van der Waals surface area contributed by atoms with E-state index in [0.29, 0.717) is 47.0 Å². The number of hydrogen-bond donors (Lipinski definition) is 2. The molecule has 2 N–H and O–H groups in total. The number of hydrogen-bond acceptors (Lipinski definition) is 7. The zero-order valence-corrected chi connectivity index (χ0v) is 25.0. The van der Waals surface area contributed by atoms with E-state index in [4.69, 9.17) is 21.3 Å². The van der Waals surface area contributed by atoms with E-state index >= 15 is 4.39 Å². The standard InChI is InChI=1S/C32H29ClFN5O5/c1-16-19(5-4-6-23(16)36-29(40)21-11-12-35-38(2)31(21)41)27-22(34)9-8-20(28(27)33)24-13-17-7-10-25(26(17)30(37-24)44-3)39-14-18(15-39)32(42)43/h4-6,8-9,11-13,18,25H,7,10,14-15H2,1-3H3,(H,36,40)(H,42,43)/t25-/m0/s1. The zero-order valence-electron chi connectivity index (χ0n) is 24.2. The first kappa shape index (κ1) is 29.5. The Balaban J connectivity index is 1.35. The maximum atomic E-state index is 15.5. The Labute approximate surface area is 257 Å². The number of pyridine rings is 1. The normalized spacial score (nSPS) is 16.3. The molecule has 2 aromatic heterocycles. The largest absolute Gasteiger partial charge is 0.481 e. The number of halogens is 2. The number of carbonyl (C=O) groups is 2. The van der Waals surface area contributed by atoms with Crippen molar-refractivity contribution in [2.45, 2.75) is 25.8 Å². The molecule has 0 unspecified atom stereocenters. The highest BCUT2D eigenvalue weighted by atomic mass is 35.5. The van der Waals surface area contributed by atoms with Crippen molar-refractivity contribution in [3.05, 3.63) is 92.1 Å². The van der Waals surface area contributed by atoms with Crippen molar-refractivity contribution in [3.63, 3.8) is 0 Å². The predicted molar refractivity (Wildman–Crippen MR) is 163 cm³/mol.